The van der Waals surface area contributed by atoms with Crippen molar-refractivity contribution in [1.82, 2.24) is 20.1 Å². The van der Waals surface area contributed by atoms with Crippen LogP contribution in [-0.4, -0.2) is 59.2 Å². The number of piperidine rings is 1. The van der Waals surface area contributed by atoms with E-state index in [4.69, 9.17) is 0 Å². The van der Waals surface area contributed by atoms with Crippen LogP contribution in [-0.2, 0) is 0 Å². The molecule has 3 rings (SSSR count). The molecule has 0 N–H and O–H groups in total. The van der Waals surface area contributed by atoms with E-state index in [0.29, 0.717) is 22.6 Å². The number of amides is 1. The molecule has 0 saturated carbocycles. The summed E-state index contributed by atoms with van der Waals surface area (Å²) in [6.45, 7) is 2.07. The van der Waals surface area contributed by atoms with Crippen molar-refractivity contribution in [1.29, 1.82) is 0 Å². The zero-order chi connectivity index (χ0) is 14.1. The summed E-state index contributed by atoms with van der Waals surface area (Å²) in [5.41, 5.74) is 1.92. The first kappa shape index (κ1) is 13.1. The second-order valence-electron chi connectivity index (χ2n) is 5.42. The molecular weight excluding hydrogens is 256 g/mol. The molecule has 1 aromatic heterocycles. The third kappa shape index (κ3) is 2.38. The van der Waals surface area contributed by atoms with Crippen LogP contribution in [0.2, 0.25) is 0 Å². The van der Waals surface area contributed by atoms with E-state index in [0.717, 1.165) is 25.9 Å². The maximum absolute atomic E-state index is 12.5. The number of carbonyl (C=O) groups excluding carboxylic acids is 1. The van der Waals surface area contributed by atoms with Crippen LogP contribution in [0.15, 0.2) is 22.8 Å². The van der Waals surface area contributed by atoms with Crippen LogP contribution in [0.3, 0.4) is 0 Å². The Bertz CT molecular complexity index is 616. The lowest BCUT2D eigenvalue weighted by atomic mass is 10.0. The molecule has 2 aromatic rings. The van der Waals surface area contributed by atoms with Crippen molar-refractivity contribution in [2.45, 2.75) is 18.9 Å². The van der Waals surface area contributed by atoms with Gasteiger partial charge in [-0.05, 0) is 61.5 Å². The lowest BCUT2D eigenvalue weighted by Crippen LogP contribution is -2.44. The van der Waals surface area contributed by atoms with Crippen molar-refractivity contribution < 1.29 is 9.42 Å². The van der Waals surface area contributed by atoms with Crippen LogP contribution >= 0.6 is 0 Å². The number of hydrogen-bond donors (Lipinski definition) is 0. The van der Waals surface area contributed by atoms with Crippen molar-refractivity contribution in [3.05, 3.63) is 23.8 Å². The summed E-state index contributed by atoms with van der Waals surface area (Å²) in [7, 11) is 3.99. The van der Waals surface area contributed by atoms with Crippen molar-refractivity contribution in [3.63, 3.8) is 0 Å². The number of benzene rings is 1. The Kier molecular flexibility index (Phi) is 3.40. The molecular formula is C14H18N4O2. The second kappa shape index (κ2) is 5.20. The average molecular weight is 274 g/mol. The Morgan fingerprint density at radius 3 is 2.75 bits per heavy atom. The van der Waals surface area contributed by atoms with Gasteiger partial charge in [0.1, 0.15) is 11.0 Å². The highest BCUT2D eigenvalue weighted by atomic mass is 16.6. The molecule has 0 unspecified atom stereocenters. The number of aromatic nitrogens is 2. The number of rotatable bonds is 2. The fourth-order valence-electron chi connectivity index (χ4n) is 2.67. The largest absolute Gasteiger partial charge is 0.339 e. The van der Waals surface area contributed by atoms with Gasteiger partial charge in [0.25, 0.3) is 5.91 Å². The number of likely N-dealkylation sites (tertiary alicyclic amines) is 1. The van der Waals surface area contributed by atoms with Gasteiger partial charge in [-0.3, -0.25) is 4.79 Å². The van der Waals surface area contributed by atoms with Crippen molar-refractivity contribution in [3.8, 4) is 0 Å². The first-order chi connectivity index (χ1) is 9.65. The van der Waals surface area contributed by atoms with Gasteiger partial charge in [0.2, 0.25) is 0 Å². The van der Waals surface area contributed by atoms with Crippen LogP contribution in [0.25, 0.3) is 11.0 Å². The van der Waals surface area contributed by atoms with E-state index >= 15 is 0 Å². The van der Waals surface area contributed by atoms with E-state index in [-0.39, 0.29) is 5.91 Å². The van der Waals surface area contributed by atoms with Gasteiger partial charge >= 0.3 is 0 Å². The molecule has 0 spiro atoms. The number of fused-ring (bicyclic) bond motifs is 1. The van der Waals surface area contributed by atoms with E-state index in [1.54, 1.807) is 18.2 Å². The van der Waals surface area contributed by atoms with Gasteiger partial charge in [0.05, 0.1) is 0 Å². The minimum absolute atomic E-state index is 0.0319. The average Bonchev–Trinajstić information content (AvgIpc) is 2.94. The quantitative estimate of drug-likeness (QED) is 0.828. The third-order valence-corrected chi connectivity index (χ3v) is 4.06. The highest BCUT2D eigenvalue weighted by Crippen LogP contribution is 2.18. The van der Waals surface area contributed by atoms with E-state index < -0.39 is 0 Å². The summed E-state index contributed by atoms with van der Waals surface area (Å²) >= 11 is 0. The first-order valence-electron chi connectivity index (χ1n) is 6.83. The summed E-state index contributed by atoms with van der Waals surface area (Å²) in [6.07, 6.45) is 2.04. The smallest absolute Gasteiger partial charge is 0.253 e. The Labute approximate surface area is 117 Å². The summed E-state index contributed by atoms with van der Waals surface area (Å²) in [5, 5.41) is 7.53. The SMILES string of the molecule is CN1CCC(N(C)C(=O)c2ccc3nonc3c2)CC1. The fourth-order valence-corrected chi connectivity index (χ4v) is 2.67. The lowest BCUT2D eigenvalue weighted by Gasteiger charge is -2.35. The van der Waals surface area contributed by atoms with E-state index in [1.807, 2.05) is 11.9 Å². The van der Waals surface area contributed by atoms with Gasteiger partial charge in [-0.2, -0.15) is 0 Å². The monoisotopic (exact) mass is 274 g/mol. The van der Waals surface area contributed by atoms with Gasteiger partial charge in [-0.15, -0.1) is 0 Å². The van der Waals surface area contributed by atoms with Gasteiger partial charge < -0.3 is 9.80 Å². The zero-order valence-corrected chi connectivity index (χ0v) is 11.7. The maximum atomic E-state index is 12.5. The molecule has 1 saturated heterocycles. The van der Waals surface area contributed by atoms with Gasteiger partial charge in [-0.25, -0.2) is 4.63 Å². The highest BCUT2D eigenvalue weighted by Gasteiger charge is 2.24. The molecule has 0 bridgehead atoms. The van der Waals surface area contributed by atoms with Gasteiger partial charge in [0, 0.05) is 18.7 Å². The minimum Gasteiger partial charge on any atom is -0.339 e. The number of nitrogens with zero attached hydrogens (tertiary/aromatic N) is 4. The molecule has 1 fully saturated rings. The second-order valence-corrected chi connectivity index (χ2v) is 5.42. The van der Waals surface area contributed by atoms with E-state index in [2.05, 4.69) is 26.9 Å². The van der Waals surface area contributed by atoms with Crippen LogP contribution in [0.1, 0.15) is 23.2 Å². The predicted octanol–water partition coefficient (Wildman–Crippen LogP) is 1.39. The van der Waals surface area contributed by atoms with Crippen molar-refractivity contribution >= 4 is 16.9 Å². The van der Waals surface area contributed by atoms with Gasteiger partial charge in [0.15, 0.2) is 0 Å². The van der Waals surface area contributed by atoms with Crippen LogP contribution in [0, 0.1) is 0 Å². The normalized spacial score (nSPS) is 17.5. The molecule has 20 heavy (non-hydrogen) atoms. The summed E-state index contributed by atoms with van der Waals surface area (Å²) in [6, 6.07) is 5.59. The lowest BCUT2D eigenvalue weighted by molar-refractivity contribution is 0.0660. The summed E-state index contributed by atoms with van der Waals surface area (Å²) in [4.78, 5) is 16.7. The molecule has 1 amide bonds. The standard InChI is InChI=1S/C14H18N4O2/c1-17-7-5-11(6-8-17)18(2)14(19)10-3-4-12-13(9-10)16-20-15-12/h3-4,9,11H,5-8H2,1-2H3. The minimum atomic E-state index is 0.0319. The first-order valence-corrected chi connectivity index (χ1v) is 6.83. The fraction of sp³-hybridized carbons (Fsp3) is 0.500. The molecule has 0 radical (unpaired) electrons. The Balaban J connectivity index is 1.77. The zero-order valence-electron chi connectivity index (χ0n) is 11.7. The highest BCUT2D eigenvalue weighted by molar-refractivity contribution is 5.97. The number of hydrogen-bond acceptors (Lipinski definition) is 5. The van der Waals surface area contributed by atoms with Gasteiger partial charge in [-0.1, -0.05) is 0 Å². The maximum Gasteiger partial charge on any atom is 0.253 e. The molecule has 1 aliphatic rings. The molecule has 0 atom stereocenters. The van der Waals surface area contributed by atoms with Crippen molar-refractivity contribution in [2.75, 3.05) is 27.2 Å². The predicted molar refractivity (Wildman–Crippen MR) is 74.4 cm³/mol. The third-order valence-electron chi connectivity index (χ3n) is 4.06. The molecule has 6 heteroatoms. The molecule has 106 valence electrons. The summed E-state index contributed by atoms with van der Waals surface area (Å²) in [5.74, 6) is 0.0319. The van der Waals surface area contributed by atoms with Crippen LogP contribution < -0.4 is 0 Å². The van der Waals surface area contributed by atoms with Crippen LogP contribution in [0.5, 0.6) is 0 Å². The molecule has 1 aromatic carbocycles. The van der Waals surface area contributed by atoms with E-state index in [1.165, 1.54) is 0 Å². The molecule has 6 nitrogen and oxygen atoms in total. The molecule has 1 aliphatic heterocycles. The molecule has 0 aliphatic carbocycles. The Morgan fingerprint density at radius 1 is 1.30 bits per heavy atom. The topological polar surface area (TPSA) is 62.5 Å². The number of carbonyl (C=O) groups is 1. The summed E-state index contributed by atoms with van der Waals surface area (Å²) < 4.78 is 4.66. The van der Waals surface area contributed by atoms with Crippen LogP contribution in [0.4, 0.5) is 0 Å². The van der Waals surface area contributed by atoms with Crippen molar-refractivity contribution in [2.24, 2.45) is 0 Å². The molecule has 2 heterocycles. The Hall–Kier alpha value is -1.95. The van der Waals surface area contributed by atoms with E-state index in [9.17, 15) is 4.79 Å². The Morgan fingerprint density at radius 2 is 2.00 bits per heavy atom.